The average molecular weight is 198 g/mol. The van der Waals surface area contributed by atoms with Crippen molar-refractivity contribution in [2.75, 3.05) is 13.7 Å². The molecule has 0 spiro atoms. The van der Waals surface area contributed by atoms with Gasteiger partial charge in [0.15, 0.2) is 0 Å². The first-order valence-electron chi connectivity index (χ1n) is 6.21. The molecular formula is C13H26O. The molecule has 0 amide bonds. The summed E-state index contributed by atoms with van der Waals surface area (Å²) in [4.78, 5) is 0. The van der Waals surface area contributed by atoms with Gasteiger partial charge in [-0.2, -0.15) is 0 Å². The molecule has 1 fully saturated rings. The van der Waals surface area contributed by atoms with Crippen molar-refractivity contribution >= 4 is 0 Å². The predicted molar refractivity (Wildman–Crippen MR) is 61.4 cm³/mol. The first kappa shape index (κ1) is 12.0. The van der Waals surface area contributed by atoms with Gasteiger partial charge in [0.25, 0.3) is 0 Å². The van der Waals surface area contributed by atoms with Crippen LogP contribution < -0.4 is 0 Å². The molecule has 0 radical (unpaired) electrons. The van der Waals surface area contributed by atoms with Crippen LogP contribution in [0, 0.1) is 17.8 Å². The lowest BCUT2D eigenvalue weighted by Gasteiger charge is -2.29. The van der Waals surface area contributed by atoms with E-state index in [1.807, 2.05) is 7.11 Å². The Morgan fingerprint density at radius 1 is 1.21 bits per heavy atom. The maximum atomic E-state index is 5.26. The molecule has 0 aliphatic heterocycles. The number of ether oxygens (including phenoxy) is 1. The van der Waals surface area contributed by atoms with Crippen molar-refractivity contribution in [3.63, 3.8) is 0 Å². The zero-order valence-corrected chi connectivity index (χ0v) is 10.1. The fraction of sp³-hybridized carbons (Fsp3) is 1.00. The first-order valence-corrected chi connectivity index (χ1v) is 6.21. The van der Waals surface area contributed by atoms with E-state index in [1.54, 1.807) is 0 Å². The third-order valence-electron chi connectivity index (χ3n) is 3.45. The second-order valence-corrected chi connectivity index (χ2v) is 5.33. The molecule has 0 heterocycles. The van der Waals surface area contributed by atoms with E-state index in [4.69, 9.17) is 4.74 Å². The van der Waals surface area contributed by atoms with Crippen LogP contribution in [0.1, 0.15) is 52.4 Å². The molecule has 1 heteroatoms. The Labute approximate surface area is 89.2 Å². The molecule has 1 saturated carbocycles. The van der Waals surface area contributed by atoms with Crippen molar-refractivity contribution in [1.82, 2.24) is 0 Å². The molecule has 2 atom stereocenters. The third kappa shape index (κ3) is 4.45. The molecule has 0 aromatic heterocycles. The molecule has 1 rings (SSSR count). The predicted octanol–water partition coefficient (Wildman–Crippen LogP) is 3.88. The Kier molecular flexibility index (Phi) is 5.54. The number of hydrogen-bond donors (Lipinski definition) is 0. The van der Waals surface area contributed by atoms with Gasteiger partial charge in [0, 0.05) is 13.7 Å². The minimum absolute atomic E-state index is 0.853. The third-order valence-corrected chi connectivity index (χ3v) is 3.45. The van der Waals surface area contributed by atoms with Crippen molar-refractivity contribution in [3.05, 3.63) is 0 Å². The minimum Gasteiger partial charge on any atom is -0.384 e. The topological polar surface area (TPSA) is 9.23 Å². The monoisotopic (exact) mass is 198 g/mol. The summed E-state index contributed by atoms with van der Waals surface area (Å²) in [5.41, 5.74) is 0. The first-order chi connectivity index (χ1) is 6.72. The molecule has 0 N–H and O–H groups in total. The highest BCUT2D eigenvalue weighted by Gasteiger charge is 2.21. The number of rotatable bonds is 5. The Bertz CT molecular complexity index is 140. The summed E-state index contributed by atoms with van der Waals surface area (Å²) in [5, 5.41) is 0. The zero-order valence-electron chi connectivity index (χ0n) is 10.1. The van der Waals surface area contributed by atoms with E-state index in [9.17, 15) is 0 Å². The molecule has 1 nitrogen and oxygen atoms in total. The van der Waals surface area contributed by atoms with Crippen molar-refractivity contribution < 1.29 is 4.74 Å². The van der Waals surface area contributed by atoms with E-state index in [2.05, 4.69) is 13.8 Å². The molecule has 0 bridgehead atoms. The summed E-state index contributed by atoms with van der Waals surface area (Å²) in [6.45, 7) is 5.64. The molecule has 0 aromatic rings. The van der Waals surface area contributed by atoms with Gasteiger partial charge < -0.3 is 4.74 Å². The van der Waals surface area contributed by atoms with Crippen LogP contribution in [0.4, 0.5) is 0 Å². The Morgan fingerprint density at radius 2 is 1.93 bits per heavy atom. The fourth-order valence-corrected chi connectivity index (χ4v) is 2.62. The summed E-state index contributed by atoms with van der Waals surface area (Å²) in [6.07, 6.45) is 8.55. The summed E-state index contributed by atoms with van der Waals surface area (Å²) in [7, 11) is 1.83. The largest absolute Gasteiger partial charge is 0.384 e. The lowest BCUT2D eigenvalue weighted by molar-refractivity contribution is 0.111. The van der Waals surface area contributed by atoms with Crippen molar-refractivity contribution in [2.45, 2.75) is 52.4 Å². The van der Waals surface area contributed by atoms with Gasteiger partial charge in [0.1, 0.15) is 0 Å². The van der Waals surface area contributed by atoms with Crippen LogP contribution in [0.2, 0.25) is 0 Å². The lowest BCUT2D eigenvalue weighted by Crippen LogP contribution is -2.19. The molecule has 84 valence electrons. The highest BCUT2D eigenvalue weighted by Crippen LogP contribution is 2.32. The Balaban J connectivity index is 2.18. The summed E-state index contributed by atoms with van der Waals surface area (Å²) in [5.74, 6) is 2.72. The van der Waals surface area contributed by atoms with Gasteiger partial charge in [0.2, 0.25) is 0 Å². The van der Waals surface area contributed by atoms with Crippen LogP contribution in [0.3, 0.4) is 0 Å². The summed E-state index contributed by atoms with van der Waals surface area (Å²) >= 11 is 0. The number of methoxy groups -OCH3 is 1. The van der Waals surface area contributed by atoms with E-state index < -0.39 is 0 Å². The molecule has 0 aromatic carbocycles. The van der Waals surface area contributed by atoms with Crippen LogP contribution in [-0.2, 0) is 4.74 Å². The van der Waals surface area contributed by atoms with E-state index >= 15 is 0 Å². The molecule has 14 heavy (non-hydrogen) atoms. The molecule has 0 saturated heterocycles. The fourth-order valence-electron chi connectivity index (χ4n) is 2.62. The smallest absolute Gasteiger partial charge is 0.0490 e. The van der Waals surface area contributed by atoms with Crippen LogP contribution >= 0.6 is 0 Å². The molecule has 2 unspecified atom stereocenters. The summed E-state index contributed by atoms with van der Waals surface area (Å²) < 4.78 is 5.26. The second-order valence-electron chi connectivity index (χ2n) is 5.33. The van der Waals surface area contributed by atoms with Gasteiger partial charge in [-0.1, -0.05) is 39.5 Å². The van der Waals surface area contributed by atoms with Crippen LogP contribution in [-0.4, -0.2) is 13.7 Å². The van der Waals surface area contributed by atoms with Gasteiger partial charge in [-0.05, 0) is 30.6 Å². The van der Waals surface area contributed by atoms with Crippen LogP contribution in [0.25, 0.3) is 0 Å². The van der Waals surface area contributed by atoms with E-state index in [1.165, 1.54) is 38.5 Å². The average Bonchev–Trinajstić information content (AvgIpc) is 2.16. The zero-order chi connectivity index (χ0) is 10.4. The van der Waals surface area contributed by atoms with Gasteiger partial charge in [-0.15, -0.1) is 0 Å². The van der Waals surface area contributed by atoms with Gasteiger partial charge in [-0.3, -0.25) is 0 Å². The molecule has 1 aliphatic rings. The standard InChI is InChI=1S/C13H26O/c1-11(2)7-8-12-5-4-6-13(9-12)10-14-3/h11-13H,4-10H2,1-3H3. The van der Waals surface area contributed by atoms with Crippen molar-refractivity contribution in [3.8, 4) is 0 Å². The SMILES string of the molecule is COCC1CCCC(CCC(C)C)C1. The van der Waals surface area contributed by atoms with E-state index in [0.717, 1.165) is 24.4 Å². The van der Waals surface area contributed by atoms with Crippen LogP contribution in [0.5, 0.6) is 0 Å². The van der Waals surface area contributed by atoms with Gasteiger partial charge in [-0.25, -0.2) is 0 Å². The number of hydrogen-bond acceptors (Lipinski definition) is 1. The molecule has 1 aliphatic carbocycles. The Morgan fingerprint density at radius 3 is 2.57 bits per heavy atom. The maximum Gasteiger partial charge on any atom is 0.0490 e. The Hall–Kier alpha value is -0.0400. The highest BCUT2D eigenvalue weighted by atomic mass is 16.5. The minimum atomic E-state index is 0.853. The van der Waals surface area contributed by atoms with E-state index in [0.29, 0.717) is 0 Å². The second kappa shape index (κ2) is 6.44. The quantitative estimate of drug-likeness (QED) is 0.651. The van der Waals surface area contributed by atoms with Crippen molar-refractivity contribution in [2.24, 2.45) is 17.8 Å². The summed E-state index contributed by atoms with van der Waals surface area (Å²) in [6, 6.07) is 0. The highest BCUT2D eigenvalue weighted by molar-refractivity contribution is 4.73. The van der Waals surface area contributed by atoms with Crippen molar-refractivity contribution in [1.29, 1.82) is 0 Å². The maximum absolute atomic E-state index is 5.26. The molecular weight excluding hydrogens is 172 g/mol. The van der Waals surface area contributed by atoms with Gasteiger partial charge >= 0.3 is 0 Å². The lowest BCUT2D eigenvalue weighted by atomic mass is 9.79. The normalized spacial score (nSPS) is 28.3. The van der Waals surface area contributed by atoms with E-state index in [-0.39, 0.29) is 0 Å². The van der Waals surface area contributed by atoms with Crippen LogP contribution in [0.15, 0.2) is 0 Å². The van der Waals surface area contributed by atoms with Gasteiger partial charge in [0.05, 0.1) is 0 Å².